The number of amides is 1. The van der Waals surface area contributed by atoms with Gasteiger partial charge in [-0.15, -0.1) is 0 Å². The highest BCUT2D eigenvalue weighted by atomic mass is 35.5. The Morgan fingerprint density at radius 2 is 2.08 bits per heavy atom. The highest BCUT2D eigenvalue weighted by molar-refractivity contribution is 6.29. The van der Waals surface area contributed by atoms with E-state index in [1.807, 2.05) is 17.0 Å². The van der Waals surface area contributed by atoms with Crippen LogP contribution in [0.3, 0.4) is 0 Å². The van der Waals surface area contributed by atoms with Gasteiger partial charge in [-0.3, -0.25) is 4.79 Å². The van der Waals surface area contributed by atoms with Crippen LogP contribution in [0.5, 0.6) is 5.75 Å². The van der Waals surface area contributed by atoms with Gasteiger partial charge in [0.15, 0.2) is 11.0 Å². The molecule has 3 aromatic rings. The maximum atomic E-state index is 12.5. The fourth-order valence-corrected chi connectivity index (χ4v) is 3.71. The number of nitrogens with zero attached hydrogens (tertiary/aromatic N) is 1. The van der Waals surface area contributed by atoms with E-state index in [2.05, 4.69) is 17.2 Å². The maximum absolute atomic E-state index is 12.5. The van der Waals surface area contributed by atoms with Gasteiger partial charge in [-0.1, -0.05) is 0 Å². The first-order valence-electron chi connectivity index (χ1n) is 8.35. The van der Waals surface area contributed by atoms with Crippen LogP contribution in [0.4, 0.5) is 0 Å². The summed E-state index contributed by atoms with van der Waals surface area (Å²) in [6.07, 6.45) is 3.92. The van der Waals surface area contributed by atoms with Crippen LogP contribution in [-0.4, -0.2) is 36.0 Å². The molecule has 3 heterocycles. The van der Waals surface area contributed by atoms with Crippen LogP contribution < -0.4 is 4.74 Å². The lowest BCUT2D eigenvalue weighted by Crippen LogP contribution is -2.37. The molecule has 4 rings (SSSR count). The molecule has 0 atom stereocenters. The lowest BCUT2D eigenvalue weighted by atomic mass is 9.89. The molecule has 25 heavy (non-hydrogen) atoms. The molecular weight excluding hydrogens is 340 g/mol. The molecule has 1 saturated heterocycles. The Morgan fingerprint density at radius 1 is 1.28 bits per heavy atom. The van der Waals surface area contributed by atoms with Crippen molar-refractivity contribution in [2.24, 2.45) is 0 Å². The number of piperidine rings is 1. The summed E-state index contributed by atoms with van der Waals surface area (Å²) in [5.74, 6) is 1.49. The molecule has 0 bridgehead atoms. The third-order valence-corrected chi connectivity index (χ3v) is 5.13. The van der Waals surface area contributed by atoms with Crippen molar-refractivity contribution in [3.05, 3.63) is 53.1 Å². The largest absolute Gasteiger partial charge is 0.497 e. The number of carbonyl (C=O) groups is 1. The number of aromatic amines is 1. The highest BCUT2D eigenvalue weighted by Gasteiger charge is 2.27. The minimum Gasteiger partial charge on any atom is -0.497 e. The van der Waals surface area contributed by atoms with Crippen LogP contribution in [0.1, 0.15) is 34.9 Å². The number of benzene rings is 1. The van der Waals surface area contributed by atoms with Crippen LogP contribution in [-0.2, 0) is 0 Å². The van der Waals surface area contributed by atoms with Gasteiger partial charge in [-0.25, -0.2) is 0 Å². The summed E-state index contributed by atoms with van der Waals surface area (Å²) in [6, 6.07) is 9.29. The first-order valence-corrected chi connectivity index (χ1v) is 8.73. The van der Waals surface area contributed by atoms with Gasteiger partial charge in [0.25, 0.3) is 5.91 Å². The fraction of sp³-hybridized carbons (Fsp3) is 0.316. The standard InChI is InChI=1S/C19H19ClN2O3/c1-24-13-2-3-16-14(10-13)15(11-21-16)12-6-8-22(9-7-12)19(23)17-4-5-18(20)25-17/h2-5,10-12,21H,6-9H2,1H3. The van der Waals surface area contributed by atoms with Crippen molar-refractivity contribution in [2.75, 3.05) is 20.2 Å². The summed E-state index contributed by atoms with van der Waals surface area (Å²) in [4.78, 5) is 17.6. The molecule has 5 nitrogen and oxygen atoms in total. The van der Waals surface area contributed by atoms with Gasteiger partial charge in [-0.2, -0.15) is 0 Å². The van der Waals surface area contributed by atoms with Crippen molar-refractivity contribution in [2.45, 2.75) is 18.8 Å². The molecule has 0 unspecified atom stereocenters. The van der Waals surface area contributed by atoms with Crippen molar-refractivity contribution in [3.8, 4) is 5.75 Å². The third-order valence-electron chi connectivity index (χ3n) is 4.93. The number of methoxy groups -OCH3 is 1. The highest BCUT2D eigenvalue weighted by Crippen LogP contribution is 2.35. The monoisotopic (exact) mass is 358 g/mol. The zero-order valence-corrected chi connectivity index (χ0v) is 14.7. The average molecular weight is 359 g/mol. The first-order chi connectivity index (χ1) is 12.2. The SMILES string of the molecule is COc1ccc2[nH]cc(C3CCN(C(=O)c4ccc(Cl)o4)CC3)c2c1. The van der Waals surface area contributed by atoms with E-state index in [1.54, 1.807) is 19.2 Å². The predicted molar refractivity (Wildman–Crippen MR) is 96.4 cm³/mol. The molecule has 0 spiro atoms. The molecule has 6 heteroatoms. The first kappa shape index (κ1) is 16.1. The van der Waals surface area contributed by atoms with Crippen LogP contribution in [0.15, 0.2) is 40.9 Å². The van der Waals surface area contributed by atoms with Gasteiger partial charge in [0.2, 0.25) is 0 Å². The fourth-order valence-electron chi connectivity index (χ4n) is 3.56. The van der Waals surface area contributed by atoms with Crippen molar-refractivity contribution in [1.29, 1.82) is 0 Å². The van der Waals surface area contributed by atoms with Crippen molar-refractivity contribution >= 4 is 28.4 Å². The second kappa shape index (κ2) is 6.48. The minimum atomic E-state index is -0.0917. The van der Waals surface area contributed by atoms with Gasteiger partial charge < -0.3 is 19.0 Å². The molecule has 1 aliphatic rings. The second-order valence-electron chi connectivity index (χ2n) is 6.33. The van der Waals surface area contributed by atoms with E-state index in [9.17, 15) is 4.79 Å². The molecule has 1 amide bonds. The van der Waals surface area contributed by atoms with E-state index in [1.165, 1.54) is 10.9 Å². The summed E-state index contributed by atoms with van der Waals surface area (Å²) in [5.41, 5.74) is 2.40. The van der Waals surface area contributed by atoms with Gasteiger partial charge in [-0.05, 0) is 66.3 Å². The predicted octanol–water partition coefficient (Wildman–Crippen LogP) is 4.44. The zero-order valence-electron chi connectivity index (χ0n) is 13.9. The molecule has 1 aliphatic heterocycles. The average Bonchev–Trinajstić information content (AvgIpc) is 3.27. The summed E-state index contributed by atoms with van der Waals surface area (Å²) < 4.78 is 10.6. The number of aromatic nitrogens is 1. The Morgan fingerprint density at radius 3 is 2.76 bits per heavy atom. The number of ether oxygens (including phenoxy) is 1. The second-order valence-corrected chi connectivity index (χ2v) is 6.70. The van der Waals surface area contributed by atoms with E-state index in [4.69, 9.17) is 20.8 Å². The third kappa shape index (κ3) is 3.00. The van der Waals surface area contributed by atoms with E-state index >= 15 is 0 Å². The normalized spacial score (nSPS) is 15.7. The Hall–Kier alpha value is -2.40. The number of fused-ring (bicyclic) bond motifs is 1. The number of hydrogen-bond donors (Lipinski definition) is 1. The summed E-state index contributed by atoms with van der Waals surface area (Å²) in [5, 5.41) is 1.44. The number of carbonyl (C=O) groups excluding carboxylic acids is 1. The number of halogens is 1. The summed E-state index contributed by atoms with van der Waals surface area (Å²) >= 11 is 5.76. The molecule has 130 valence electrons. The van der Waals surface area contributed by atoms with E-state index in [-0.39, 0.29) is 11.1 Å². The molecule has 1 aromatic carbocycles. The Balaban J connectivity index is 1.49. The van der Waals surface area contributed by atoms with Gasteiger partial charge in [0.1, 0.15) is 5.75 Å². The summed E-state index contributed by atoms with van der Waals surface area (Å²) in [7, 11) is 1.68. The van der Waals surface area contributed by atoms with Crippen molar-refractivity contribution < 1.29 is 13.9 Å². The van der Waals surface area contributed by atoms with Crippen LogP contribution in [0.25, 0.3) is 10.9 Å². The van der Waals surface area contributed by atoms with Crippen molar-refractivity contribution in [1.82, 2.24) is 9.88 Å². The van der Waals surface area contributed by atoms with Gasteiger partial charge in [0, 0.05) is 30.2 Å². The molecule has 0 saturated carbocycles. The van der Waals surface area contributed by atoms with E-state index < -0.39 is 0 Å². The lowest BCUT2D eigenvalue weighted by molar-refractivity contribution is 0.0681. The molecule has 1 fully saturated rings. The van der Waals surface area contributed by atoms with Gasteiger partial charge >= 0.3 is 0 Å². The lowest BCUT2D eigenvalue weighted by Gasteiger charge is -2.31. The number of hydrogen-bond acceptors (Lipinski definition) is 3. The van der Waals surface area contributed by atoms with Crippen LogP contribution in [0, 0.1) is 0 Å². The smallest absolute Gasteiger partial charge is 0.289 e. The topological polar surface area (TPSA) is 58.5 Å². The number of likely N-dealkylation sites (tertiary alicyclic amines) is 1. The Kier molecular flexibility index (Phi) is 4.17. The maximum Gasteiger partial charge on any atom is 0.289 e. The number of H-pyrrole nitrogens is 1. The number of nitrogens with one attached hydrogen (secondary N) is 1. The number of rotatable bonds is 3. The van der Waals surface area contributed by atoms with Gasteiger partial charge in [0.05, 0.1) is 7.11 Å². The molecule has 1 N–H and O–H groups in total. The quantitative estimate of drug-likeness (QED) is 0.752. The zero-order chi connectivity index (χ0) is 17.4. The Bertz CT molecular complexity index is 906. The van der Waals surface area contributed by atoms with Crippen LogP contribution >= 0.6 is 11.6 Å². The molecule has 0 radical (unpaired) electrons. The van der Waals surface area contributed by atoms with Crippen molar-refractivity contribution in [3.63, 3.8) is 0 Å². The van der Waals surface area contributed by atoms with Crippen LogP contribution in [0.2, 0.25) is 5.22 Å². The van der Waals surface area contributed by atoms with E-state index in [0.717, 1.165) is 24.1 Å². The number of furan rings is 1. The Labute approximate surface area is 150 Å². The minimum absolute atomic E-state index is 0.0917. The molecule has 2 aromatic heterocycles. The molecular formula is C19H19ClN2O3. The van der Waals surface area contributed by atoms with E-state index in [0.29, 0.717) is 24.8 Å². The molecule has 0 aliphatic carbocycles. The summed E-state index contributed by atoms with van der Waals surface area (Å²) in [6.45, 7) is 1.41.